The van der Waals surface area contributed by atoms with Crippen LogP contribution in [0, 0.1) is 0 Å². The van der Waals surface area contributed by atoms with Gasteiger partial charge < -0.3 is 9.47 Å². The predicted molar refractivity (Wildman–Crippen MR) is 74.0 cm³/mol. The Morgan fingerprint density at radius 1 is 1.37 bits per heavy atom. The first-order valence-electron chi connectivity index (χ1n) is 6.03. The van der Waals surface area contributed by atoms with E-state index >= 15 is 0 Å². The summed E-state index contributed by atoms with van der Waals surface area (Å²) >= 11 is 11.8. The van der Waals surface area contributed by atoms with Crippen molar-refractivity contribution < 1.29 is 9.47 Å². The Morgan fingerprint density at radius 2 is 2.26 bits per heavy atom. The van der Waals surface area contributed by atoms with Crippen molar-refractivity contribution in [3.8, 4) is 5.88 Å². The van der Waals surface area contributed by atoms with Crippen molar-refractivity contribution >= 4 is 34.1 Å². The topological polar surface area (TPSA) is 44.2 Å². The molecule has 1 aromatic carbocycles. The molecule has 0 N–H and O–H groups in total. The van der Waals surface area contributed by atoms with Crippen LogP contribution in [0.15, 0.2) is 18.2 Å². The first-order valence-corrected chi connectivity index (χ1v) is 6.94. The maximum atomic E-state index is 5.98. The molecule has 1 fully saturated rings. The van der Waals surface area contributed by atoms with Crippen molar-refractivity contribution in [3.05, 3.63) is 29.0 Å². The van der Waals surface area contributed by atoms with Gasteiger partial charge in [-0.15, -0.1) is 11.6 Å². The van der Waals surface area contributed by atoms with Gasteiger partial charge in [0.2, 0.25) is 5.88 Å². The van der Waals surface area contributed by atoms with E-state index in [2.05, 4.69) is 9.97 Å². The molecule has 0 bridgehead atoms. The van der Waals surface area contributed by atoms with Gasteiger partial charge in [0.15, 0.2) is 0 Å². The highest BCUT2D eigenvalue weighted by Crippen LogP contribution is 2.27. The number of nitrogens with zero attached hydrogens (tertiary/aromatic N) is 2. The number of hydrogen-bond donors (Lipinski definition) is 0. The number of alkyl halides is 1. The molecule has 0 aliphatic carbocycles. The number of hydrogen-bond acceptors (Lipinski definition) is 4. The molecule has 0 spiro atoms. The molecule has 1 saturated heterocycles. The molecule has 1 aliphatic heterocycles. The summed E-state index contributed by atoms with van der Waals surface area (Å²) in [6.45, 7) is 1.32. The van der Waals surface area contributed by atoms with Crippen molar-refractivity contribution in [1.82, 2.24) is 9.97 Å². The monoisotopic (exact) mass is 298 g/mol. The molecule has 1 aliphatic rings. The van der Waals surface area contributed by atoms with E-state index in [0.717, 1.165) is 23.9 Å². The zero-order chi connectivity index (χ0) is 13.2. The number of fused-ring (bicyclic) bond motifs is 1. The van der Waals surface area contributed by atoms with E-state index in [1.54, 1.807) is 12.1 Å². The van der Waals surface area contributed by atoms with E-state index in [-0.39, 0.29) is 12.0 Å². The Hall–Kier alpha value is -1.10. The van der Waals surface area contributed by atoms with Crippen LogP contribution < -0.4 is 4.74 Å². The summed E-state index contributed by atoms with van der Waals surface area (Å²) < 4.78 is 11.2. The Morgan fingerprint density at radius 3 is 3.00 bits per heavy atom. The second-order valence-corrected chi connectivity index (χ2v) is 5.05. The number of aromatic nitrogens is 2. The molecular weight excluding hydrogens is 287 g/mol. The summed E-state index contributed by atoms with van der Waals surface area (Å²) in [4.78, 5) is 8.70. The lowest BCUT2D eigenvalue weighted by molar-refractivity contribution is 0.139. The van der Waals surface area contributed by atoms with Gasteiger partial charge in [0.25, 0.3) is 0 Å². The van der Waals surface area contributed by atoms with Gasteiger partial charge >= 0.3 is 0 Å². The third kappa shape index (κ3) is 2.76. The molecule has 1 unspecified atom stereocenters. The normalized spacial score (nSPS) is 18.9. The van der Waals surface area contributed by atoms with E-state index in [1.807, 2.05) is 6.07 Å². The van der Waals surface area contributed by atoms with Crippen LogP contribution in [0.1, 0.15) is 12.2 Å². The average molecular weight is 299 g/mol. The van der Waals surface area contributed by atoms with Crippen LogP contribution in [0.4, 0.5) is 0 Å². The molecule has 0 amide bonds. The van der Waals surface area contributed by atoms with E-state index in [1.165, 1.54) is 0 Å². The molecule has 6 heteroatoms. The van der Waals surface area contributed by atoms with Crippen LogP contribution in [0.25, 0.3) is 10.9 Å². The fourth-order valence-electron chi connectivity index (χ4n) is 2.03. The quantitative estimate of drug-likeness (QED) is 0.816. The van der Waals surface area contributed by atoms with E-state index in [0.29, 0.717) is 23.3 Å². The summed E-state index contributed by atoms with van der Waals surface area (Å²) in [7, 11) is 0. The SMILES string of the molecule is ClCc1nc(OC2CCOC2)c2ccc(Cl)cc2n1. The lowest BCUT2D eigenvalue weighted by atomic mass is 10.2. The second kappa shape index (κ2) is 5.49. The highest BCUT2D eigenvalue weighted by molar-refractivity contribution is 6.31. The highest BCUT2D eigenvalue weighted by atomic mass is 35.5. The van der Waals surface area contributed by atoms with E-state index in [4.69, 9.17) is 32.7 Å². The van der Waals surface area contributed by atoms with E-state index < -0.39 is 0 Å². The van der Waals surface area contributed by atoms with Crippen molar-refractivity contribution in [2.24, 2.45) is 0 Å². The maximum Gasteiger partial charge on any atom is 0.225 e. The van der Waals surface area contributed by atoms with Crippen LogP contribution in [-0.4, -0.2) is 29.3 Å². The summed E-state index contributed by atoms with van der Waals surface area (Å²) in [5.41, 5.74) is 0.743. The Labute approximate surface area is 120 Å². The van der Waals surface area contributed by atoms with Gasteiger partial charge in [-0.3, -0.25) is 0 Å². The molecule has 1 aromatic heterocycles. The molecule has 4 nitrogen and oxygen atoms in total. The third-order valence-electron chi connectivity index (χ3n) is 2.96. The number of rotatable bonds is 3. The lowest BCUT2D eigenvalue weighted by Gasteiger charge is -2.13. The van der Waals surface area contributed by atoms with E-state index in [9.17, 15) is 0 Å². The fraction of sp³-hybridized carbons (Fsp3) is 0.385. The molecule has 0 saturated carbocycles. The highest BCUT2D eigenvalue weighted by Gasteiger charge is 2.19. The van der Waals surface area contributed by atoms with Crippen molar-refractivity contribution in [1.29, 1.82) is 0 Å². The maximum absolute atomic E-state index is 5.98. The molecule has 2 heterocycles. The molecular formula is C13H12Cl2N2O2. The minimum absolute atomic E-state index is 0.0388. The standard InChI is InChI=1S/C13H12Cl2N2O2/c14-6-12-16-11-5-8(15)1-2-10(11)13(17-12)19-9-3-4-18-7-9/h1-2,5,9H,3-4,6-7H2. The zero-order valence-electron chi connectivity index (χ0n) is 10.1. The van der Waals surface area contributed by atoms with Crippen molar-refractivity contribution in [3.63, 3.8) is 0 Å². The summed E-state index contributed by atoms with van der Waals surface area (Å²) in [6.07, 6.45) is 0.909. The predicted octanol–water partition coefficient (Wildman–Crippen LogP) is 3.19. The zero-order valence-corrected chi connectivity index (χ0v) is 11.6. The molecule has 100 valence electrons. The number of halogens is 2. The van der Waals surface area contributed by atoms with Crippen LogP contribution in [0.5, 0.6) is 5.88 Å². The summed E-state index contributed by atoms with van der Waals surface area (Å²) in [5.74, 6) is 1.32. The Balaban J connectivity index is 2.04. The second-order valence-electron chi connectivity index (χ2n) is 4.34. The minimum atomic E-state index is 0.0388. The smallest absolute Gasteiger partial charge is 0.225 e. The van der Waals surface area contributed by atoms with Crippen molar-refractivity contribution in [2.45, 2.75) is 18.4 Å². The third-order valence-corrected chi connectivity index (χ3v) is 3.43. The minimum Gasteiger partial charge on any atom is -0.471 e. The van der Waals surface area contributed by atoms with Crippen LogP contribution in [0.2, 0.25) is 5.02 Å². The molecule has 0 radical (unpaired) electrons. The molecule has 2 aromatic rings. The van der Waals surface area contributed by atoms with Crippen LogP contribution >= 0.6 is 23.2 Å². The lowest BCUT2D eigenvalue weighted by Crippen LogP contribution is -2.17. The van der Waals surface area contributed by atoms with Gasteiger partial charge in [-0.1, -0.05) is 11.6 Å². The van der Waals surface area contributed by atoms with Gasteiger partial charge in [-0.05, 0) is 18.2 Å². The Kier molecular flexibility index (Phi) is 3.73. The summed E-state index contributed by atoms with van der Waals surface area (Å²) in [6, 6.07) is 5.44. The first kappa shape index (κ1) is 12.9. The van der Waals surface area contributed by atoms with Crippen LogP contribution in [0.3, 0.4) is 0 Å². The summed E-state index contributed by atoms with van der Waals surface area (Å²) in [5, 5.41) is 1.46. The van der Waals surface area contributed by atoms with Gasteiger partial charge in [0.1, 0.15) is 11.9 Å². The average Bonchev–Trinajstić information content (AvgIpc) is 2.90. The first-order chi connectivity index (χ1) is 9.26. The van der Waals surface area contributed by atoms with Crippen LogP contribution in [-0.2, 0) is 10.6 Å². The number of ether oxygens (including phenoxy) is 2. The fourth-order valence-corrected chi connectivity index (χ4v) is 2.32. The molecule has 3 rings (SSSR count). The largest absolute Gasteiger partial charge is 0.471 e. The van der Waals surface area contributed by atoms with Gasteiger partial charge in [-0.25, -0.2) is 4.98 Å². The molecule has 1 atom stereocenters. The van der Waals surface area contributed by atoms with Gasteiger partial charge in [-0.2, -0.15) is 4.98 Å². The molecule has 19 heavy (non-hydrogen) atoms. The Bertz CT molecular complexity index is 600. The van der Waals surface area contributed by atoms with Gasteiger partial charge in [0, 0.05) is 11.4 Å². The van der Waals surface area contributed by atoms with Gasteiger partial charge in [0.05, 0.1) is 30.0 Å². The number of benzene rings is 1. The van der Waals surface area contributed by atoms with Crippen molar-refractivity contribution in [2.75, 3.05) is 13.2 Å².